The highest BCUT2D eigenvalue weighted by Crippen LogP contribution is 2.23. The number of hydrogen-bond donors (Lipinski definition) is 2. The number of ether oxygens (including phenoxy) is 1. The Balaban J connectivity index is 2.41. The fourth-order valence-corrected chi connectivity index (χ4v) is 2.15. The van der Waals surface area contributed by atoms with Gasteiger partial charge in [-0.15, -0.1) is 11.8 Å². The van der Waals surface area contributed by atoms with E-state index in [1.807, 2.05) is 6.92 Å². The minimum atomic E-state index is -0.154. The summed E-state index contributed by atoms with van der Waals surface area (Å²) in [7, 11) is 0. The van der Waals surface area contributed by atoms with Crippen molar-refractivity contribution in [3.63, 3.8) is 0 Å². The number of amides is 2. The van der Waals surface area contributed by atoms with Gasteiger partial charge in [0, 0.05) is 17.0 Å². The van der Waals surface area contributed by atoms with E-state index in [4.69, 9.17) is 4.74 Å². The predicted molar refractivity (Wildman–Crippen MR) is 91.5 cm³/mol. The summed E-state index contributed by atoms with van der Waals surface area (Å²) >= 11 is 1.60. The monoisotopic (exact) mass is 324 g/mol. The Hall–Kier alpha value is -1.69. The van der Waals surface area contributed by atoms with E-state index in [1.165, 1.54) is 0 Å². The fourth-order valence-electron chi connectivity index (χ4n) is 1.51. The van der Waals surface area contributed by atoms with E-state index >= 15 is 0 Å². The zero-order valence-corrected chi connectivity index (χ0v) is 14.4. The Labute approximate surface area is 136 Å². The first-order chi connectivity index (χ1) is 10.3. The SMILES string of the molecule is CCNC(=O)COc1ccc(NC(=O)CSC(C)(C)C)cc1. The minimum absolute atomic E-state index is 0.0121. The van der Waals surface area contributed by atoms with Crippen molar-refractivity contribution in [2.75, 3.05) is 24.2 Å². The van der Waals surface area contributed by atoms with Gasteiger partial charge in [0.15, 0.2) is 6.61 Å². The molecule has 0 heterocycles. The molecule has 0 aliphatic rings. The van der Waals surface area contributed by atoms with Crippen LogP contribution in [-0.4, -0.2) is 35.5 Å². The van der Waals surface area contributed by atoms with Crippen molar-refractivity contribution < 1.29 is 14.3 Å². The number of hydrogen-bond acceptors (Lipinski definition) is 4. The number of thioether (sulfide) groups is 1. The third-order valence-electron chi connectivity index (χ3n) is 2.52. The Morgan fingerprint density at radius 3 is 2.32 bits per heavy atom. The summed E-state index contributed by atoms with van der Waals surface area (Å²) < 4.78 is 5.41. The first-order valence-electron chi connectivity index (χ1n) is 7.23. The largest absolute Gasteiger partial charge is 0.484 e. The van der Waals surface area contributed by atoms with E-state index in [0.29, 0.717) is 23.7 Å². The summed E-state index contributed by atoms with van der Waals surface area (Å²) in [5.74, 6) is 0.821. The normalized spacial score (nSPS) is 10.9. The van der Waals surface area contributed by atoms with Crippen LogP contribution in [0.15, 0.2) is 24.3 Å². The molecule has 0 spiro atoms. The minimum Gasteiger partial charge on any atom is -0.484 e. The van der Waals surface area contributed by atoms with E-state index in [9.17, 15) is 9.59 Å². The number of nitrogens with one attached hydrogen (secondary N) is 2. The maximum absolute atomic E-state index is 11.8. The molecule has 0 aliphatic heterocycles. The molecule has 2 amide bonds. The van der Waals surface area contributed by atoms with Gasteiger partial charge in [-0.05, 0) is 31.2 Å². The van der Waals surface area contributed by atoms with E-state index in [1.54, 1.807) is 36.0 Å². The quantitative estimate of drug-likeness (QED) is 0.809. The molecular weight excluding hydrogens is 300 g/mol. The van der Waals surface area contributed by atoms with Crippen LogP contribution in [0.25, 0.3) is 0 Å². The van der Waals surface area contributed by atoms with Gasteiger partial charge in [-0.2, -0.15) is 0 Å². The lowest BCUT2D eigenvalue weighted by atomic mass is 10.3. The van der Waals surface area contributed by atoms with Crippen LogP contribution in [0.5, 0.6) is 5.75 Å². The molecule has 0 fully saturated rings. The van der Waals surface area contributed by atoms with Crippen molar-refractivity contribution in [2.24, 2.45) is 0 Å². The molecule has 1 rings (SSSR count). The molecule has 22 heavy (non-hydrogen) atoms. The van der Waals surface area contributed by atoms with Gasteiger partial charge in [0.1, 0.15) is 5.75 Å². The van der Waals surface area contributed by atoms with Crippen LogP contribution in [0, 0.1) is 0 Å². The molecule has 122 valence electrons. The second-order valence-electron chi connectivity index (χ2n) is 5.72. The van der Waals surface area contributed by atoms with Crippen molar-refractivity contribution >= 4 is 29.3 Å². The highest BCUT2D eigenvalue weighted by Gasteiger charge is 2.13. The van der Waals surface area contributed by atoms with Gasteiger partial charge in [0.05, 0.1) is 5.75 Å². The molecular formula is C16H24N2O3S. The maximum Gasteiger partial charge on any atom is 0.257 e. The summed E-state index contributed by atoms with van der Waals surface area (Å²) in [6, 6.07) is 6.97. The van der Waals surface area contributed by atoms with Gasteiger partial charge < -0.3 is 15.4 Å². The lowest BCUT2D eigenvalue weighted by molar-refractivity contribution is -0.123. The predicted octanol–water partition coefficient (Wildman–Crippen LogP) is 2.67. The van der Waals surface area contributed by atoms with Gasteiger partial charge in [-0.3, -0.25) is 9.59 Å². The molecule has 6 heteroatoms. The molecule has 0 unspecified atom stereocenters. The smallest absolute Gasteiger partial charge is 0.257 e. The lowest BCUT2D eigenvalue weighted by Crippen LogP contribution is -2.28. The lowest BCUT2D eigenvalue weighted by Gasteiger charge is -2.17. The van der Waals surface area contributed by atoms with E-state index in [-0.39, 0.29) is 23.2 Å². The van der Waals surface area contributed by atoms with Crippen LogP contribution in [0.3, 0.4) is 0 Å². The van der Waals surface area contributed by atoms with Crippen LogP contribution >= 0.6 is 11.8 Å². The molecule has 0 saturated carbocycles. The van der Waals surface area contributed by atoms with Crippen molar-refractivity contribution in [1.82, 2.24) is 5.32 Å². The molecule has 1 aromatic rings. The van der Waals surface area contributed by atoms with Gasteiger partial charge in [-0.25, -0.2) is 0 Å². The van der Waals surface area contributed by atoms with Gasteiger partial charge in [-0.1, -0.05) is 20.8 Å². The molecule has 0 aliphatic carbocycles. The number of rotatable bonds is 7. The van der Waals surface area contributed by atoms with Crippen molar-refractivity contribution in [1.29, 1.82) is 0 Å². The van der Waals surface area contributed by atoms with Crippen molar-refractivity contribution in [2.45, 2.75) is 32.4 Å². The molecule has 0 aromatic heterocycles. The molecule has 0 atom stereocenters. The average Bonchev–Trinajstić information content (AvgIpc) is 2.44. The third kappa shape index (κ3) is 7.93. The standard InChI is InChI=1S/C16H24N2O3S/c1-5-17-14(19)10-21-13-8-6-12(7-9-13)18-15(20)11-22-16(2,3)4/h6-9H,5,10-11H2,1-4H3,(H,17,19)(H,18,20). The highest BCUT2D eigenvalue weighted by molar-refractivity contribution is 8.01. The third-order valence-corrected chi connectivity index (χ3v) is 3.79. The van der Waals surface area contributed by atoms with Crippen molar-refractivity contribution in [3.05, 3.63) is 24.3 Å². The second kappa shape index (κ2) is 8.68. The summed E-state index contributed by atoms with van der Waals surface area (Å²) in [4.78, 5) is 23.1. The molecule has 0 saturated heterocycles. The van der Waals surface area contributed by atoms with Gasteiger partial charge in [0.25, 0.3) is 5.91 Å². The van der Waals surface area contributed by atoms with Crippen LogP contribution < -0.4 is 15.4 Å². The molecule has 1 aromatic carbocycles. The van der Waals surface area contributed by atoms with Crippen LogP contribution in [0.4, 0.5) is 5.69 Å². The van der Waals surface area contributed by atoms with Crippen molar-refractivity contribution in [3.8, 4) is 5.75 Å². The molecule has 0 radical (unpaired) electrons. The molecule has 2 N–H and O–H groups in total. The number of anilines is 1. The summed E-state index contributed by atoms with van der Waals surface area (Å²) in [5.41, 5.74) is 0.713. The number of benzene rings is 1. The molecule has 0 bridgehead atoms. The summed E-state index contributed by atoms with van der Waals surface area (Å²) in [6.07, 6.45) is 0. The Kier molecular flexibility index (Phi) is 7.24. The van der Waals surface area contributed by atoms with Crippen LogP contribution in [0.1, 0.15) is 27.7 Å². The average molecular weight is 324 g/mol. The number of carbonyl (C=O) groups excluding carboxylic acids is 2. The maximum atomic E-state index is 11.8. The Morgan fingerprint density at radius 1 is 1.14 bits per heavy atom. The zero-order chi connectivity index (χ0) is 16.6. The van der Waals surface area contributed by atoms with Crippen LogP contribution in [0.2, 0.25) is 0 Å². The first kappa shape index (κ1) is 18.4. The van der Waals surface area contributed by atoms with Crippen LogP contribution in [-0.2, 0) is 9.59 Å². The zero-order valence-electron chi connectivity index (χ0n) is 13.6. The van der Waals surface area contributed by atoms with E-state index in [2.05, 4.69) is 31.4 Å². The Morgan fingerprint density at radius 2 is 1.77 bits per heavy atom. The van der Waals surface area contributed by atoms with E-state index < -0.39 is 0 Å². The van der Waals surface area contributed by atoms with Gasteiger partial charge in [0.2, 0.25) is 5.91 Å². The fraction of sp³-hybridized carbons (Fsp3) is 0.500. The topological polar surface area (TPSA) is 67.4 Å². The highest BCUT2D eigenvalue weighted by atomic mass is 32.2. The van der Waals surface area contributed by atoms with E-state index in [0.717, 1.165) is 0 Å². The summed E-state index contributed by atoms with van der Waals surface area (Å²) in [5, 5.41) is 5.49. The number of likely N-dealkylation sites (N-methyl/N-ethyl adjacent to an activating group) is 1. The summed E-state index contributed by atoms with van der Waals surface area (Å²) in [6.45, 7) is 8.65. The second-order valence-corrected chi connectivity index (χ2v) is 7.52. The Bertz CT molecular complexity index is 495. The number of carbonyl (C=O) groups is 2. The first-order valence-corrected chi connectivity index (χ1v) is 8.22. The van der Waals surface area contributed by atoms with Gasteiger partial charge >= 0.3 is 0 Å². The molecule has 5 nitrogen and oxygen atoms in total.